The molecule has 0 spiro atoms. The Morgan fingerprint density at radius 1 is 1.26 bits per heavy atom. The molecule has 0 saturated carbocycles. The molecular formula is C19H21N3O5. The standard InChI is InChI=1S/C19H21N3O5/c1-4-26-14-8-6-5-7-13(14)20-16(23)11-22-17(24)19(3,21-18(22)25)15-10-9-12(2)27-15/h5-10H,4,11H2,1-3H3,(H,20,23)(H,21,25). The second-order valence-corrected chi connectivity index (χ2v) is 6.33. The first-order valence-electron chi connectivity index (χ1n) is 8.58. The van der Waals surface area contributed by atoms with E-state index in [1.165, 1.54) is 0 Å². The van der Waals surface area contributed by atoms with Crippen molar-refractivity contribution in [1.29, 1.82) is 0 Å². The van der Waals surface area contributed by atoms with Crippen molar-refractivity contribution in [2.24, 2.45) is 0 Å². The molecule has 1 aliphatic rings. The fourth-order valence-corrected chi connectivity index (χ4v) is 2.90. The summed E-state index contributed by atoms with van der Waals surface area (Å²) in [5.74, 6) is 0.405. The quantitative estimate of drug-likeness (QED) is 0.760. The monoisotopic (exact) mass is 371 g/mol. The molecule has 1 aromatic heterocycles. The zero-order valence-electron chi connectivity index (χ0n) is 15.4. The minimum atomic E-state index is -1.34. The molecule has 1 aliphatic heterocycles. The van der Waals surface area contributed by atoms with Crippen LogP contribution in [-0.4, -0.2) is 35.9 Å². The summed E-state index contributed by atoms with van der Waals surface area (Å²) in [6, 6.07) is 9.64. The number of rotatable bonds is 6. The van der Waals surface area contributed by atoms with Crippen LogP contribution in [0.5, 0.6) is 5.75 Å². The number of amides is 4. The molecule has 8 heteroatoms. The summed E-state index contributed by atoms with van der Waals surface area (Å²) in [6.07, 6.45) is 0. The number of carbonyl (C=O) groups is 3. The first kappa shape index (κ1) is 18.5. The Morgan fingerprint density at radius 2 is 2.00 bits per heavy atom. The summed E-state index contributed by atoms with van der Waals surface area (Å²) >= 11 is 0. The zero-order valence-corrected chi connectivity index (χ0v) is 15.4. The highest BCUT2D eigenvalue weighted by atomic mass is 16.5. The van der Waals surface area contributed by atoms with Gasteiger partial charge in [-0.3, -0.25) is 14.5 Å². The number of urea groups is 1. The fourth-order valence-electron chi connectivity index (χ4n) is 2.90. The van der Waals surface area contributed by atoms with Gasteiger partial charge in [-0.25, -0.2) is 4.79 Å². The van der Waals surface area contributed by atoms with Gasteiger partial charge in [-0.15, -0.1) is 0 Å². The van der Waals surface area contributed by atoms with Crippen LogP contribution < -0.4 is 15.4 Å². The zero-order chi connectivity index (χ0) is 19.6. The maximum absolute atomic E-state index is 12.8. The summed E-state index contributed by atoms with van der Waals surface area (Å²) in [5.41, 5.74) is -0.865. The molecule has 2 heterocycles. The summed E-state index contributed by atoms with van der Waals surface area (Å²) < 4.78 is 11.0. The summed E-state index contributed by atoms with van der Waals surface area (Å²) in [4.78, 5) is 38.3. The van der Waals surface area contributed by atoms with Gasteiger partial charge in [0.25, 0.3) is 5.91 Å². The van der Waals surface area contributed by atoms with Crippen LogP contribution in [0, 0.1) is 6.92 Å². The van der Waals surface area contributed by atoms with Gasteiger partial charge in [0.1, 0.15) is 23.8 Å². The predicted molar refractivity (Wildman–Crippen MR) is 97.3 cm³/mol. The highest BCUT2D eigenvalue weighted by Crippen LogP contribution is 2.30. The number of para-hydroxylation sites is 2. The van der Waals surface area contributed by atoms with E-state index in [4.69, 9.17) is 9.15 Å². The highest BCUT2D eigenvalue weighted by molar-refractivity contribution is 6.10. The molecule has 2 N–H and O–H groups in total. The summed E-state index contributed by atoms with van der Waals surface area (Å²) in [5, 5.41) is 5.27. The number of furan rings is 1. The number of nitrogens with zero attached hydrogens (tertiary/aromatic N) is 1. The summed E-state index contributed by atoms with van der Waals surface area (Å²) in [7, 11) is 0. The van der Waals surface area contributed by atoms with Gasteiger partial charge in [0.2, 0.25) is 5.91 Å². The predicted octanol–water partition coefficient (Wildman–Crippen LogP) is 2.39. The minimum Gasteiger partial charge on any atom is -0.492 e. The first-order chi connectivity index (χ1) is 12.8. The van der Waals surface area contributed by atoms with Gasteiger partial charge in [0, 0.05) is 0 Å². The molecule has 1 atom stereocenters. The topological polar surface area (TPSA) is 101 Å². The Kier molecular flexibility index (Phi) is 4.89. The third kappa shape index (κ3) is 3.51. The average Bonchev–Trinajstić information content (AvgIpc) is 3.15. The lowest BCUT2D eigenvalue weighted by atomic mass is 9.99. The molecule has 8 nitrogen and oxygen atoms in total. The van der Waals surface area contributed by atoms with Crippen LogP contribution in [0.1, 0.15) is 25.4 Å². The molecule has 0 radical (unpaired) electrons. The smallest absolute Gasteiger partial charge is 0.325 e. The van der Waals surface area contributed by atoms with E-state index in [-0.39, 0.29) is 0 Å². The van der Waals surface area contributed by atoms with E-state index in [1.54, 1.807) is 50.2 Å². The van der Waals surface area contributed by atoms with Crippen LogP contribution in [0.15, 0.2) is 40.8 Å². The van der Waals surface area contributed by atoms with Gasteiger partial charge in [0.05, 0.1) is 12.3 Å². The van der Waals surface area contributed by atoms with E-state index in [2.05, 4.69) is 10.6 Å². The third-order valence-electron chi connectivity index (χ3n) is 4.27. The van der Waals surface area contributed by atoms with Crippen LogP contribution >= 0.6 is 0 Å². The number of ether oxygens (including phenoxy) is 1. The Morgan fingerprint density at radius 3 is 2.67 bits per heavy atom. The average molecular weight is 371 g/mol. The van der Waals surface area contributed by atoms with Crippen molar-refractivity contribution in [3.63, 3.8) is 0 Å². The maximum Gasteiger partial charge on any atom is 0.325 e. The van der Waals surface area contributed by atoms with Gasteiger partial charge in [-0.05, 0) is 45.0 Å². The van der Waals surface area contributed by atoms with Crippen LogP contribution in [0.25, 0.3) is 0 Å². The van der Waals surface area contributed by atoms with E-state index < -0.39 is 29.9 Å². The van der Waals surface area contributed by atoms with Crippen LogP contribution in [0.4, 0.5) is 10.5 Å². The normalized spacial score (nSPS) is 19.1. The highest BCUT2D eigenvalue weighted by Gasteiger charge is 2.51. The van der Waals surface area contributed by atoms with E-state index in [9.17, 15) is 14.4 Å². The molecule has 1 aromatic carbocycles. The van der Waals surface area contributed by atoms with Gasteiger partial charge in [-0.1, -0.05) is 12.1 Å². The Balaban J connectivity index is 1.73. The molecular weight excluding hydrogens is 350 g/mol. The minimum absolute atomic E-state index is 0.322. The Hall–Kier alpha value is -3.29. The van der Waals surface area contributed by atoms with Crippen LogP contribution in [-0.2, 0) is 15.1 Å². The molecule has 142 valence electrons. The van der Waals surface area contributed by atoms with E-state index in [0.29, 0.717) is 29.6 Å². The third-order valence-corrected chi connectivity index (χ3v) is 4.27. The van der Waals surface area contributed by atoms with E-state index >= 15 is 0 Å². The Labute approximate surface area is 156 Å². The summed E-state index contributed by atoms with van der Waals surface area (Å²) in [6.45, 7) is 5.16. The van der Waals surface area contributed by atoms with Gasteiger partial charge < -0.3 is 19.8 Å². The molecule has 1 fully saturated rings. The van der Waals surface area contributed by atoms with Crippen molar-refractivity contribution in [2.75, 3.05) is 18.5 Å². The van der Waals surface area contributed by atoms with E-state index in [0.717, 1.165) is 4.90 Å². The molecule has 0 bridgehead atoms. The number of benzene rings is 1. The molecule has 3 rings (SSSR count). The van der Waals surface area contributed by atoms with Gasteiger partial charge in [0.15, 0.2) is 5.54 Å². The molecule has 1 saturated heterocycles. The van der Waals surface area contributed by atoms with Crippen molar-refractivity contribution in [2.45, 2.75) is 26.3 Å². The molecule has 1 unspecified atom stereocenters. The number of anilines is 1. The second-order valence-electron chi connectivity index (χ2n) is 6.33. The van der Waals surface area contributed by atoms with Crippen molar-refractivity contribution in [1.82, 2.24) is 10.2 Å². The first-order valence-corrected chi connectivity index (χ1v) is 8.58. The lowest BCUT2D eigenvalue weighted by Gasteiger charge is -2.19. The van der Waals surface area contributed by atoms with Crippen LogP contribution in [0.3, 0.4) is 0 Å². The number of hydrogen-bond acceptors (Lipinski definition) is 5. The molecule has 0 aliphatic carbocycles. The number of hydrogen-bond donors (Lipinski definition) is 2. The molecule has 4 amide bonds. The van der Waals surface area contributed by atoms with Gasteiger partial charge in [-0.2, -0.15) is 0 Å². The Bertz CT molecular complexity index is 891. The number of carbonyl (C=O) groups excluding carboxylic acids is 3. The fraction of sp³-hybridized carbons (Fsp3) is 0.316. The lowest BCUT2D eigenvalue weighted by Crippen LogP contribution is -2.41. The molecule has 27 heavy (non-hydrogen) atoms. The van der Waals surface area contributed by atoms with Crippen molar-refractivity contribution >= 4 is 23.5 Å². The number of nitrogens with one attached hydrogen (secondary N) is 2. The van der Waals surface area contributed by atoms with Crippen molar-refractivity contribution in [3.8, 4) is 5.75 Å². The van der Waals surface area contributed by atoms with Crippen molar-refractivity contribution < 1.29 is 23.5 Å². The maximum atomic E-state index is 12.8. The van der Waals surface area contributed by atoms with Crippen LogP contribution in [0.2, 0.25) is 0 Å². The van der Waals surface area contributed by atoms with Gasteiger partial charge >= 0.3 is 6.03 Å². The van der Waals surface area contributed by atoms with E-state index in [1.807, 2.05) is 6.92 Å². The van der Waals surface area contributed by atoms with Crippen molar-refractivity contribution in [3.05, 3.63) is 47.9 Å². The SMILES string of the molecule is CCOc1ccccc1NC(=O)CN1C(=O)NC(C)(c2ccc(C)o2)C1=O. The lowest BCUT2D eigenvalue weighted by molar-refractivity contribution is -0.134. The largest absolute Gasteiger partial charge is 0.492 e. The molecule has 2 aromatic rings. The second kappa shape index (κ2) is 7.14. The number of imide groups is 1. The number of aryl methyl sites for hydroxylation is 1.